The van der Waals surface area contributed by atoms with E-state index in [0.29, 0.717) is 30.3 Å². The molecule has 1 aliphatic rings. The molecule has 1 aromatic rings. The first-order valence-corrected chi connectivity index (χ1v) is 7.73. The molecule has 1 N–H and O–H groups in total. The van der Waals surface area contributed by atoms with Crippen molar-refractivity contribution in [3.05, 3.63) is 29.8 Å². The summed E-state index contributed by atoms with van der Waals surface area (Å²) >= 11 is 1.44. The zero-order valence-corrected chi connectivity index (χ0v) is 12.1. The van der Waals surface area contributed by atoms with E-state index in [4.69, 9.17) is 10.4 Å². The van der Waals surface area contributed by atoms with Crippen LogP contribution in [0.25, 0.3) is 0 Å². The second kappa shape index (κ2) is 7.32. The summed E-state index contributed by atoms with van der Waals surface area (Å²) in [5.74, 6) is 0.761. The monoisotopic (exact) mass is 290 g/mol. The molecule has 5 heteroatoms. The molecule has 20 heavy (non-hydrogen) atoms. The molecule has 0 aromatic heterocycles. The number of likely N-dealkylation sites (tertiary alicyclic amines) is 1. The van der Waals surface area contributed by atoms with Gasteiger partial charge in [0.25, 0.3) is 5.91 Å². The Labute approximate surface area is 123 Å². The molecule has 2 rings (SSSR count). The Morgan fingerprint density at radius 2 is 2.20 bits per heavy atom. The van der Waals surface area contributed by atoms with Crippen LogP contribution in [0, 0.1) is 17.2 Å². The number of amides is 1. The maximum Gasteiger partial charge on any atom is 0.253 e. The SMILES string of the molecule is N#CCSc1cccc(C(=O)N2CCC(CO)CC2)c1. The summed E-state index contributed by atoms with van der Waals surface area (Å²) in [6, 6.07) is 9.52. The van der Waals surface area contributed by atoms with Crippen LogP contribution in [0.5, 0.6) is 0 Å². The third kappa shape index (κ3) is 3.75. The average molecular weight is 290 g/mol. The number of nitriles is 1. The molecule has 0 radical (unpaired) electrons. The van der Waals surface area contributed by atoms with Gasteiger partial charge in [0.15, 0.2) is 0 Å². The number of piperidine rings is 1. The van der Waals surface area contributed by atoms with Gasteiger partial charge in [0, 0.05) is 30.2 Å². The van der Waals surface area contributed by atoms with Gasteiger partial charge < -0.3 is 10.0 Å². The molecule has 4 nitrogen and oxygen atoms in total. The first-order chi connectivity index (χ1) is 9.74. The topological polar surface area (TPSA) is 64.3 Å². The number of thioether (sulfide) groups is 1. The van der Waals surface area contributed by atoms with Crippen molar-refractivity contribution < 1.29 is 9.90 Å². The third-order valence-electron chi connectivity index (χ3n) is 3.54. The molecule has 0 spiro atoms. The summed E-state index contributed by atoms with van der Waals surface area (Å²) in [5.41, 5.74) is 0.676. The van der Waals surface area contributed by atoms with Gasteiger partial charge in [0.1, 0.15) is 0 Å². The number of aliphatic hydroxyl groups excluding tert-OH is 1. The fourth-order valence-electron chi connectivity index (χ4n) is 2.34. The lowest BCUT2D eigenvalue weighted by molar-refractivity contribution is 0.0650. The second-order valence-electron chi connectivity index (χ2n) is 4.89. The van der Waals surface area contributed by atoms with E-state index in [2.05, 4.69) is 6.07 Å². The molecule has 1 heterocycles. The number of hydrogen-bond acceptors (Lipinski definition) is 4. The number of carbonyl (C=O) groups excluding carboxylic acids is 1. The lowest BCUT2D eigenvalue weighted by atomic mass is 9.97. The quantitative estimate of drug-likeness (QED) is 0.863. The van der Waals surface area contributed by atoms with Crippen LogP contribution in [-0.4, -0.2) is 41.4 Å². The largest absolute Gasteiger partial charge is 0.396 e. The summed E-state index contributed by atoms with van der Waals surface area (Å²) in [7, 11) is 0. The van der Waals surface area contributed by atoms with Crippen LogP contribution in [0.3, 0.4) is 0 Å². The number of nitrogens with zero attached hydrogens (tertiary/aromatic N) is 2. The van der Waals surface area contributed by atoms with E-state index >= 15 is 0 Å². The molecule has 0 bridgehead atoms. The Morgan fingerprint density at radius 3 is 2.85 bits per heavy atom. The lowest BCUT2D eigenvalue weighted by Crippen LogP contribution is -2.39. The number of aliphatic hydroxyl groups is 1. The number of rotatable bonds is 4. The third-order valence-corrected chi connectivity index (χ3v) is 4.41. The van der Waals surface area contributed by atoms with E-state index in [0.717, 1.165) is 17.7 Å². The van der Waals surface area contributed by atoms with Gasteiger partial charge in [-0.2, -0.15) is 5.26 Å². The fourth-order valence-corrected chi connectivity index (χ4v) is 2.95. The molecule has 0 saturated carbocycles. The number of benzene rings is 1. The predicted octanol–water partition coefficient (Wildman–Crippen LogP) is 2.15. The summed E-state index contributed by atoms with van der Waals surface area (Å²) in [6.45, 7) is 1.63. The van der Waals surface area contributed by atoms with Gasteiger partial charge in [-0.1, -0.05) is 6.07 Å². The van der Waals surface area contributed by atoms with E-state index < -0.39 is 0 Å². The van der Waals surface area contributed by atoms with E-state index in [1.165, 1.54) is 11.8 Å². The normalized spacial score (nSPS) is 15.9. The molecule has 106 valence electrons. The van der Waals surface area contributed by atoms with Gasteiger partial charge in [-0.3, -0.25) is 4.79 Å². The highest BCUT2D eigenvalue weighted by Crippen LogP contribution is 2.22. The molecule has 1 amide bonds. The Balaban J connectivity index is 2.00. The molecule has 1 saturated heterocycles. The van der Waals surface area contributed by atoms with Crippen molar-refractivity contribution in [1.82, 2.24) is 4.90 Å². The highest BCUT2D eigenvalue weighted by Gasteiger charge is 2.23. The highest BCUT2D eigenvalue weighted by molar-refractivity contribution is 7.99. The first-order valence-electron chi connectivity index (χ1n) is 6.74. The number of hydrogen-bond donors (Lipinski definition) is 1. The summed E-state index contributed by atoms with van der Waals surface area (Å²) in [4.78, 5) is 15.2. The van der Waals surface area contributed by atoms with E-state index in [-0.39, 0.29) is 12.5 Å². The predicted molar refractivity (Wildman–Crippen MR) is 78.5 cm³/mol. The lowest BCUT2D eigenvalue weighted by Gasteiger charge is -2.31. The van der Waals surface area contributed by atoms with Crippen molar-refractivity contribution >= 4 is 17.7 Å². The zero-order chi connectivity index (χ0) is 14.4. The minimum Gasteiger partial charge on any atom is -0.396 e. The standard InChI is InChI=1S/C15H18N2O2S/c16-6-9-20-14-3-1-2-13(10-14)15(19)17-7-4-12(11-18)5-8-17/h1-3,10,12,18H,4-5,7-9,11H2. The zero-order valence-electron chi connectivity index (χ0n) is 11.3. The molecular formula is C15H18N2O2S. The smallest absolute Gasteiger partial charge is 0.253 e. The Bertz CT molecular complexity index is 505. The minimum absolute atomic E-state index is 0.0424. The number of carbonyl (C=O) groups is 1. The fraction of sp³-hybridized carbons (Fsp3) is 0.467. The van der Waals surface area contributed by atoms with Crippen LogP contribution in [0.4, 0.5) is 0 Å². The molecule has 1 aromatic carbocycles. The van der Waals surface area contributed by atoms with Crippen LogP contribution in [0.1, 0.15) is 23.2 Å². The van der Waals surface area contributed by atoms with Gasteiger partial charge in [-0.05, 0) is 37.0 Å². The van der Waals surface area contributed by atoms with Crippen LogP contribution in [-0.2, 0) is 0 Å². The summed E-state index contributed by atoms with van der Waals surface area (Å²) < 4.78 is 0. The highest BCUT2D eigenvalue weighted by atomic mass is 32.2. The van der Waals surface area contributed by atoms with Crippen LogP contribution in [0.15, 0.2) is 29.2 Å². The van der Waals surface area contributed by atoms with Crippen LogP contribution in [0.2, 0.25) is 0 Å². The first kappa shape index (κ1) is 14.9. The van der Waals surface area contributed by atoms with E-state index in [9.17, 15) is 4.79 Å². The van der Waals surface area contributed by atoms with Gasteiger partial charge in [-0.25, -0.2) is 0 Å². The van der Waals surface area contributed by atoms with E-state index in [1.807, 2.05) is 29.2 Å². The van der Waals surface area contributed by atoms with Gasteiger partial charge >= 0.3 is 0 Å². The van der Waals surface area contributed by atoms with Crippen molar-refractivity contribution in [2.24, 2.45) is 5.92 Å². The van der Waals surface area contributed by atoms with E-state index in [1.54, 1.807) is 0 Å². The van der Waals surface area contributed by atoms with Crippen molar-refractivity contribution in [2.75, 3.05) is 25.4 Å². The van der Waals surface area contributed by atoms with Gasteiger partial charge in [0.2, 0.25) is 0 Å². The Hall–Kier alpha value is -1.51. The molecule has 0 aliphatic carbocycles. The Morgan fingerprint density at radius 1 is 1.45 bits per heavy atom. The van der Waals surface area contributed by atoms with Crippen LogP contribution >= 0.6 is 11.8 Å². The maximum atomic E-state index is 12.4. The molecule has 1 fully saturated rings. The summed E-state index contributed by atoms with van der Waals surface area (Å²) in [6.07, 6.45) is 1.73. The van der Waals surface area contributed by atoms with Gasteiger partial charge in [0.05, 0.1) is 11.8 Å². The minimum atomic E-state index is 0.0424. The van der Waals surface area contributed by atoms with Crippen molar-refractivity contribution in [3.63, 3.8) is 0 Å². The second-order valence-corrected chi connectivity index (χ2v) is 5.94. The van der Waals surface area contributed by atoms with Crippen molar-refractivity contribution in [2.45, 2.75) is 17.7 Å². The van der Waals surface area contributed by atoms with Crippen molar-refractivity contribution in [3.8, 4) is 6.07 Å². The Kier molecular flexibility index (Phi) is 5.45. The average Bonchev–Trinajstić information content (AvgIpc) is 2.52. The van der Waals surface area contributed by atoms with Crippen LogP contribution < -0.4 is 0 Å². The molecular weight excluding hydrogens is 272 g/mol. The van der Waals surface area contributed by atoms with Crippen molar-refractivity contribution in [1.29, 1.82) is 5.26 Å². The molecule has 0 atom stereocenters. The summed E-state index contributed by atoms with van der Waals surface area (Å²) in [5, 5.41) is 17.7. The van der Waals surface area contributed by atoms with Gasteiger partial charge in [-0.15, -0.1) is 11.8 Å². The maximum absolute atomic E-state index is 12.4. The molecule has 1 aliphatic heterocycles. The molecule has 0 unspecified atom stereocenters.